The fourth-order valence-electron chi connectivity index (χ4n) is 1.81. The maximum absolute atomic E-state index is 10.9. The highest BCUT2D eigenvalue weighted by Crippen LogP contribution is 2.28. The molecule has 1 aliphatic heterocycles. The van der Waals surface area contributed by atoms with E-state index in [1.807, 2.05) is 0 Å². The first-order valence-corrected chi connectivity index (χ1v) is 8.97. The maximum atomic E-state index is 10.9. The highest BCUT2D eigenvalue weighted by atomic mass is 32.2. The molecule has 6 nitrogen and oxygen atoms in total. The molecule has 1 rings (SSSR count). The first kappa shape index (κ1) is 17.4. The van der Waals surface area contributed by atoms with Crippen LogP contribution in [0.3, 0.4) is 0 Å². The molecule has 0 amide bonds. The lowest BCUT2D eigenvalue weighted by atomic mass is 10.0. The van der Waals surface area contributed by atoms with Crippen LogP contribution >= 0.6 is 11.8 Å². The van der Waals surface area contributed by atoms with Crippen LogP contribution in [0.25, 0.3) is 0 Å². The average molecular weight is 314 g/mol. The van der Waals surface area contributed by atoms with E-state index in [0.717, 1.165) is 12.8 Å². The molecule has 0 saturated carbocycles. The first-order chi connectivity index (χ1) is 8.97. The second-order valence-electron chi connectivity index (χ2n) is 4.55. The second kappa shape index (κ2) is 8.56. The molecule has 1 unspecified atom stereocenters. The van der Waals surface area contributed by atoms with Gasteiger partial charge in [0, 0.05) is 22.8 Å². The molecule has 6 atom stereocenters. The fourth-order valence-corrected chi connectivity index (χ4v) is 3.61. The van der Waals surface area contributed by atoms with Gasteiger partial charge in [-0.25, -0.2) is 0 Å². The van der Waals surface area contributed by atoms with Gasteiger partial charge in [-0.05, 0) is 18.6 Å². The molecule has 1 heterocycles. The van der Waals surface area contributed by atoms with Crippen molar-refractivity contribution in [2.24, 2.45) is 0 Å². The van der Waals surface area contributed by atoms with Gasteiger partial charge in [-0.3, -0.25) is 4.21 Å². The number of ether oxygens (including phenoxy) is 1. The highest BCUT2D eigenvalue weighted by molar-refractivity contribution is 7.99. The van der Waals surface area contributed by atoms with Crippen LogP contribution in [-0.2, 0) is 15.5 Å². The number of unbranched alkanes of at least 4 members (excludes halogenated alkanes) is 1. The molecular formula is C11H22O6S2. The Morgan fingerprint density at radius 1 is 1.16 bits per heavy atom. The average Bonchev–Trinajstić information content (AvgIpc) is 2.37. The Morgan fingerprint density at radius 3 is 2.42 bits per heavy atom. The van der Waals surface area contributed by atoms with Gasteiger partial charge < -0.3 is 25.2 Å². The Labute approximate surface area is 119 Å². The van der Waals surface area contributed by atoms with E-state index in [1.165, 1.54) is 11.8 Å². The molecule has 1 saturated heterocycles. The van der Waals surface area contributed by atoms with E-state index >= 15 is 0 Å². The summed E-state index contributed by atoms with van der Waals surface area (Å²) in [5.41, 5.74) is -0.664. The molecule has 0 aliphatic carbocycles. The van der Waals surface area contributed by atoms with E-state index < -0.39 is 47.3 Å². The van der Waals surface area contributed by atoms with E-state index in [4.69, 9.17) is 9.84 Å². The van der Waals surface area contributed by atoms with Crippen molar-refractivity contribution in [1.82, 2.24) is 0 Å². The Bertz CT molecular complexity index is 288. The molecule has 0 radical (unpaired) electrons. The van der Waals surface area contributed by atoms with Crippen LogP contribution in [0.2, 0.25) is 0 Å². The van der Waals surface area contributed by atoms with Crippen molar-refractivity contribution in [1.29, 1.82) is 0 Å². The van der Waals surface area contributed by atoms with E-state index in [-0.39, 0.29) is 0 Å². The number of hydrogen-bond acceptors (Lipinski definition) is 7. The predicted octanol–water partition coefficient (Wildman–Crippen LogP) is -1.32. The molecule has 0 bridgehead atoms. The lowest BCUT2D eigenvalue weighted by Crippen LogP contribution is -2.57. The quantitative estimate of drug-likeness (QED) is 0.432. The van der Waals surface area contributed by atoms with Crippen molar-refractivity contribution < 1.29 is 29.4 Å². The third-order valence-corrected chi connectivity index (χ3v) is 5.06. The summed E-state index contributed by atoms with van der Waals surface area (Å²) in [6.07, 6.45) is -1.33. The van der Waals surface area contributed by atoms with Gasteiger partial charge in [0.05, 0.1) is 6.61 Å². The van der Waals surface area contributed by atoms with Crippen LogP contribution in [0, 0.1) is 0 Å². The molecule has 0 aromatic heterocycles. The van der Waals surface area contributed by atoms with E-state index in [1.54, 1.807) is 6.26 Å². The van der Waals surface area contributed by atoms with Gasteiger partial charge in [-0.2, -0.15) is 0 Å². The fraction of sp³-hybridized carbons (Fsp3) is 1.00. The molecule has 114 valence electrons. The summed E-state index contributed by atoms with van der Waals surface area (Å²) in [7, 11) is -0.794. The van der Waals surface area contributed by atoms with Crippen LogP contribution in [0.1, 0.15) is 12.8 Å². The maximum Gasteiger partial charge on any atom is 0.132 e. The Hall–Kier alpha value is 0.300. The smallest absolute Gasteiger partial charge is 0.132 e. The van der Waals surface area contributed by atoms with Crippen molar-refractivity contribution in [3.8, 4) is 0 Å². The minimum atomic E-state index is -1.31. The third kappa shape index (κ3) is 5.30. The van der Waals surface area contributed by atoms with Crippen LogP contribution < -0.4 is 0 Å². The third-order valence-electron chi connectivity index (χ3n) is 2.96. The summed E-state index contributed by atoms with van der Waals surface area (Å²) < 4.78 is 16.2. The van der Waals surface area contributed by atoms with Crippen molar-refractivity contribution >= 4 is 22.6 Å². The molecule has 0 spiro atoms. The summed E-state index contributed by atoms with van der Waals surface area (Å²) in [6, 6.07) is 0. The summed E-state index contributed by atoms with van der Waals surface area (Å²) >= 11 is 1.33. The van der Waals surface area contributed by atoms with Gasteiger partial charge in [0.25, 0.3) is 0 Å². The molecule has 4 N–H and O–H groups in total. The minimum Gasteiger partial charge on any atom is -0.394 e. The second-order valence-corrected chi connectivity index (χ2v) is 7.31. The Morgan fingerprint density at radius 2 is 1.84 bits per heavy atom. The van der Waals surface area contributed by atoms with Gasteiger partial charge in [0.2, 0.25) is 0 Å². The Kier molecular flexibility index (Phi) is 7.81. The highest BCUT2D eigenvalue weighted by Gasteiger charge is 2.43. The van der Waals surface area contributed by atoms with Crippen LogP contribution in [0.4, 0.5) is 0 Å². The standard InChI is InChI=1S/C11H22O6S2/c1-19(16)5-3-2-4-18-11-10(15)9(14)8(13)7(6-12)17-11/h7-15H,2-6H2,1H3/t7-,8-,9+,10-,11+,19?/m1/s1. The summed E-state index contributed by atoms with van der Waals surface area (Å²) in [5.74, 6) is 1.34. The SMILES string of the molecule is CS(=O)CCCCS[C@@H]1O[C@H](CO)[C@@H](O)[C@H](O)[C@H]1O. The molecule has 0 aromatic carbocycles. The number of hydrogen-bond donors (Lipinski definition) is 4. The lowest BCUT2D eigenvalue weighted by molar-refractivity contribution is -0.205. The summed E-state index contributed by atoms with van der Waals surface area (Å²) in [4.78, 5) is 0. The topological polar surface area (TPSA) is 107 Å². The van der Waals surface area contributed by atoms with Gasteiger partial charge in [-0.1, -0.05) is 0 Å². The van der Waals surface area contributed by atoms with Gasteiger partial charge in [0.15, 0.2) is 0 Å². The lowest BCUT2D eigenvalue weighted by Gasteiger charge is -2.39. The van der Waals surface area contributed by atoms with Crippen LogP contribution in [-0.4, -0.2) is 78.9 Å². The molecule has 8 heteroatoms. The van der Waals surface area contributed by atoms with Crippen molar-refractivity contribution in [3.05, 3.63) is 0 Å². The number of aliphatic hydroxyl groups is 4. The van der Waals surface area contributed by atoms with Crippen molar-refractivity contribution in [3.63, 3.8) is 0 Å². The summed E-state index contributed by atoms with van der Waals surface area (Å²) in [6.45, 7) is -0.406. The van der Waals surface area contributed by atoms with Crippen LogP contribution in [0.5, 0.6) is 0 Å². The number of thioether (sulfide) groups is 1. The Balaban J connectivity index is 2.33. The normalized spacial score (nSPS) is 37.2. The minimum absolute atomic E-state index is 0.406. The molecule has 1 aliphatic rings. The van der Waals surface area contributed by atoms with E-state index in [0.29, 0.717) is 11.5 Å². The van der Waals surface area contributed by atoms with Crippen molar-refractivity contribution in [2.45, 2.75) is 42.7 Å². The molecular weight excluding hydrogens is 292 g/mol. The van der Waals surface area contributed by atoms with Gasteiger partial charge in [-0.15, -0.1) is 11.8 Å². The number of rotatable bonds is 7. The largest absolute Gasteiger partial charge is 0.394 e. The van der Waals surface area contributed by atoms with Gasteiger partial charge >= 0.3 is 0 Å². The zero-order valence-electron chi connectivity index (χ0n) is 10.8. The number of aliphatic hydroxyl groups excluding tert-OH is 4. The first-order valence-electron chi connectivity index (χ1n) is 6.19. The molecule has 0 aromatic rings. The predicted molar refractivity (Wildman–Crippen MR) is 74.4 cm³/mol. The summed E-state index contributed by atoms with van der Waals surface area (Å²) in [5, 5.41) is 38.0. The zero-order valence-corrected chi connectivity index (χ0v) is 12.5. The van der Waals surface area contributed by atoms with E-state index in [2.05, 4.69) is 0 Å². The monoisotopic (exact) mass is 314 g/mol. The zero-order chi connectivity index (χ0) is 14.4. The molecule has 19 heavy (non-hydrogen) atoms. The van der Waals surface area contributed by atoms with Gasteiger partial charge in [0.1, 0.15) is 29.9 Å². The van der Waals surface area contributed by atoms with E-state index in [9.17, 15) is 19.5 Å². The molecule has 1 fully saturated rings. The van der Waals surface area contributed by atoms with Crippen molar-refractivity contribution in [2.75, 3.05) is 24.4 Å². The van der Waals surface area contributed by atoms with Crippen LogP contribution in [0.15, 0.2) is 0 Å².